The number of anilines is 2. The van der Waals surface area contributed by atoms with Gasteiger partial charge >= 0.3 is 6.18 Å². The molecule has 1 aliphatic rings. The maximum Gasteiger partial charge on any atom is 0.416 e. The van der Waals surface area contributed by atoms with Crippen molar-refractivity contribution in [2.24, 2.45) is 5.73 Å². The van der Waals surface area contributed by atoms with Crippen LogP contribution in [0.3, 0.4) is 0 Å². The average Bonchev–Trinajstić information content (AvgIpc) is 3.09. The molecule has 7 nitrogen and oxygen atoms in total. The first-order valence-electron chi connectivity index (χ1n) is 9.34. The third kappa shape index (κ3) is 3.77. The van der Waals surface area contributed by atoms with Crippen LogP contribution in [0.5, 0.6) is 0 Å². The Kier molecular flexibility index (Phi) is 5.02. The van der Waals surface area contributed by atoms with Crippen LogP contribution < -0.4 is 16.0 Å². The number of hydrogen-bond donors (Lipinski definition) is 2. The zero-order valence-electron chi connectivity index (χ0n) is 16.3. The summed E-state index contributed by atoms with van der Waals surface area (Å²) in [7, 11) is 0. The largest absolute Gasteiger partial charge is 0.416 e. The van der Waals surface area contributed by atoms with Crippen molar-refractivity contribution in [3.8, 4) is 0 Å². The van der Waals surface area contributed by atoms with Gasteiger partial charge in [-0.3, -0.25) is 14.6 Å². The van der Waals surface area contributed by atoms with Crippen LogP contribution in [-0.4, -0.2) is 27.9 Å². The fraction of sp³-hybridized carbons (Fsp3) is 0.190. The van der Waals surface area contributed by atoms with Crippen molar-refractivity contribution >= 4 is 23.2 Å². The molecule has 3 aromatic rings. The van der Waals surface area contributed by atoms with E-state index >= 15 is 0 Å². The van der Waals surface area contributed by atoms with Crippen molar-refractivity contribution in [3.63, 3.8) is 0 Å². The number of aryl methyl sites for hydroxylation is 1. The number of carbonyl (C=O) groups excluding carboxylic acids is 2. The van der Waals surface area contributed by atoms with Crippen molar-refractivity contribution < 1.29 is 22.8 Å². The van der Waals surface area contributed by atoms with Crippen molar-refractivity contribution in [3.05, 3.63) is 77.4 Å². The van der Waals surface area contributed by atoms with Crippen molar-refractivity contribution in [2.45, 2.75) is 19.3 Å². The van der Waals surface area contributed by atoms with E-state index in [4.69, 9.17) is 5.73 Å². The summed E-state index contributed by atoms with van der Waals surface area (Å²) in [6.45, 7) is 1.78. The van der Waals surface area contributed by atoms with Crippen molar-refractivity contribution in [1.29, 1.82) is 0 Å². The number of pyridine rings is 1. The first-order valence-corrected chi connectivity index (χ1v) is 9.34. The molecule has 4 rings (SSSR count). The molecule has 0 spiro atoms. The van der Waals surface area contributed by atoms with Gasteiger partial charge in [-0.05, 0) is 49.4 Å². The summed E-state index contributed by atoms with van der Waals surface area (Å²) in [6.07, 6.45) is -2.13. The van der Waals surface area contributed by atoms with Crippen LogP contribution in [-0.2, 0) is 6.18 Å². The van der Waals surface area contributed by atoms with Crippen LogP contribution in [0.25, 0.3) is 0 Å². The van der Waals surface area contributed by atoms with Gasteiger partial charge in [0.1, 0.15) is 11.9 Å². The van der Waals surface area contributed by atoms with Gasteiger partial charge in [0, 0.05) is 17.6 Å². The molecule has 0 saturated carbocycles. The summed E-state index contributed by atoms with van der Waals surface area (Å²) in [5.74, 6) is -1.04. The van der Waals surface area contributed by atoms with E-state index in [1.54, 1.807) is 35.9 Å². The third-order valence-electron chi connectivity index (χ3n) is 5.05. The molecule has 2 aromatic heterocycles. The van der Waals surface area contributed by atoms with Crippen LogP contribution >= 0.6 is 0 Å². The second-order valence-electron chi connectivity index (χ2n) is 7.14. The number of amides is 2. The van der Waals surface area contributed by atoms with E-state index in [9.17, 15) is 22.8 Å². The minimum atomic E-state index is -4.48. The fourth-order valence-corrected chi connectivity index (χ4v) is 3.64. The number of nitrogens with two attached hydrogens (primary N) is 1. The molecule has 0 unspecified atom stereocenters. The van der Waals surface area contributed by atoms with Gasteiger partial charge in [-0.1, -0.05) is 0 Å². The number of alkyl halides is 3. The molecule has 160 valence electrons. The monoisotopic (exact) mass is 429 g/mol. The van der Waals surface area contributed by atoms with Gasteiger partial charge in [-0.25, -0.2) is 0 Å². The molecule has 1 aromatic carbocycles. The molecule has 2 amide bonds. The number of nitrogens with one attached hydrogen (secondary N) is 1. The van der Waals surface area contributed by atoms with Crippen molar-refractivity contribution in [1.82, 2.24) is 9.55 Å². The highest BCUT2D eigenvalue weighted by Crippen LogP contribution is 2.33. The molecular weight excluding hydrogens is 411 g/mol. The maximum atomic E-state index is 13.3. The molecule has 10 heteroatoms. The second-order valence-corrected chi connectivity index (χ2v) is 7.14. The SMILES string of the molecule is Cc1cc(C(=O)Nc2cccnc2)c2n1[C@@H](N)CN(c1ccc(C(F)(F)F)cc1)C2=O. The Morgan fingerprint density at radius 3 is 2.55 bits per heavy atom. The molecular formula is C21H18F3N5O2. The highest BCUT2D eigenvalue weighted by molar-refractivity contribution is 6.16. The Labute approximate surface area is 175 Å². The van der Waals surface area contributed by atoms with Gasteiger partial charge in [0.05, 0.1) is 29.6 Å². The Bertz CT molecular complexity index is 1140. The summed E-state index contributed by atoms with van der Waals surface area (Å²) >= 11 is 0. The van der Waals surface area contributed by atoms with Gasteiger partial charge in [0.25, 0.3) is 11.8 Å². The van der Waals surface area contributed by atoms with Crippen LogP contribution in [0.1, 0.15) is 38.3 Å². The minimum Gasteiger partial charge on any atom is -0.323 e. The Morgan fingerprint density at radius 2 is 1.94 bits per heavy atom. The first kappa shape index (κ1) is 20.6. The van der Waals surface area contributed by atoms with E-state index < -0.39 is 29.7 Å². The van der Waals surface area contributed by atoms with E-state index in [2.05, 4.69) is 10.3 Å². The molecule has 0 radical (unpaired) electrons. The summed E-state index contributed by atoms with van der Waals surface area (Å²) in [6, 6.07) is 9.12. The standard InChI is InChI=1S/C21H18F3N5O2/c1-12-9-16(19(30)27-14-3-2-8-26-10-14)18-20(31)28(11-17(25)29(12)18)15-6-4-13(5-7-15)21(22,23)24/h2-10,17H,11,25H2,1H3,(H,27,30)/t17-/m1/s1. The lowest BCUT2D eigenvalue weighted by molar-refractivity contribution is -0.137. The average molecular weight is 429 g/mol. The minimum absolute atomic E-state index is 0.0520. The fourth-order valence-electron chi connectivity index (χ4n) is 3.64. The summed E-state index contributed by atoms with van der Waals surface area (Å²) in [5, 5.41) is 2.68. The van der Waals surface area contributed by atoms with Gasteiger partial charge in [0.15, 0.2) is 0 Å². The molecule has 31 heavy (non-hydrogen) atoms. The zero-order chi connectivity index (χ0) is 22.3. The smallest absolute Gasteiger partial charge is 0.323 e. The lowest BCUT2D eigenvalue weighted by Crippen LogP contribution is -2.47. The maximum absolute atomic E-state index is 13.3. The van der Waals surface area contributed by atoms with Gasteiger partial charge in [-0.2, -0.15) is 13.2 Å². The summed E-state index contributed by atoms with van der Waals surface area (Å²) < 4.78 is 40.2. The topological polar surface area (TPSA) is 93.2 Å². The zero-order valence-corrected chi connectivity index (χ0v) is 16.3. The highest BCUT2D eigenvalue weighted by atomic mass is 19.4. The van der Waals surface area contributed by atoms with Crippen LogP contribution in [0.15, 0.2) is 54.9 Å². The number of aromatic nitrogens is 2. The quantitative estimate of drug-likeness (QED) is 0.666. The van der Waals surface area contributed by atoms with Gasteiger partial charge in [0.2, 0.25) is 0 Å². The van der Waals surface area contributed by atoms with E-state index in [-0.39, 0.29) is 23.5 Å². The predicted octanol–water partition coefficient (Wildman–Crippen LogP) is 3.58. The Hall–Kier alpha value is -3.66. The molecule has 3 N–H and O–H groups in total. The number of halogens is 3. The number of benzene rings is 1. The normalized spacial score (nSPS) is 16.2. The Morgan fingerprint density at radius 1 is 1.23 bits per heavy atom. The van der Waals surface area contributed by atoms with E-state index in [1.807, 2.05) is 0 Å². The summed E-state index contributed by atoms with van der Waals surface area (Å²) in [5.41, 5.74) is 6.98. The van der Waals surface area contributed by atoms with Gasteiger partial charge in [-0.15, -0.1) is 0 Å². The highest BCUT2D eigenvalue weighted by Gasteiger charge is 2.36. The molecule has 1 aliphatic heterocycles. The molecule has 0 bridgehead atoms. The van der Waals surface area contributed by atoms with Crippen LogP contribution in [0.4, 0.5) is 24.5 Å². The van der Waals surface area contributed by atoms with Crippen LogP contribution in [0, 0.1) is 6.92 Å². The molecule has 0 aliphatic carbocycles. The second kappa shape index (κ2) is 7.55. The number of carbonyl (C=O) groups is 2. The van der Waals surface area contributed by atoms with E-state index in [0.717, 1.165) is 12.1 Å². The number of nitrogens with zero attached hydrogens (tertiary/aromatic N) is 3. The first-order chi connectivity index (χ1) is 14.7. The number of rotatable bonds is 3. The lowest BCUT2D eigenvalue weighted by Gasteiger charge is -2.34. The van der Waals surface area contributed by atoms with E-state index in [0.29, 0.717) is 11.4 Å². The van der Waals surface area contributed by atoms with Crippen LogP contribution in [0.2, 0.25) is 0 Å². The van der Waals surface area contributed by atoms with Gasteiger partial charge < -0.3 is 20.5 Å². The Balaban J connectivity index is 1.69. The molecule has 0 saturated heterocycles. The lowest BCUT2D eigenvalue weighted by atomic mass is 10.1. The summed E-state index contributed by atoms with van der Waals surface area (Å²) in [4.78, 5) is 31.3. The van der Waals surface area contributed by atoms with E-state index in [1.165, 1.54) is 23.2 Å². The number of fused-ring (bicyclic) bond motifs is 1. The van der Waals surface area contributed by atoms with Crippen molar-refractivity contribution in [2.75, 3.05) is 16.8 Å². The number of hydrogen-bond acceptors (Lipinski definition) is 4. The molecule has 0 fully saturated rings. The predicted molar refractivity (Wildman–Crippen MR) is 108 cm³/mol. The molecule has 3 heterocycles. The third-order valence-corrected chi connectivity index (χ3v) is 5.05. The molecule has 1 atom stereocenters.